The Bertz CT molecular complexity index is 530. The first kappa shape index (κ1) is 13.1. The van der Waals surface area contributed by atoms with E-state index in [4.69, 9.17) is 5.73 Å². The standard InChI is InChI=1S/C16H19N3/c1-2-13-8-10-15(11-9-13)19-16(17)18-12-14-6-4-3-5-7-14/h3-11H,2,12H2,1H3,(H3,17,18,19). The van der Waals surface area contributed by atoms with Crippen LogP contribution in [0.2, 0.25) is 0 Å². The van der Waals surface area contributed by atoms with Gasteiger partial charge in [-0.3, -0.25) is 0 Å². The third-order valence-electron chi connectivity index (χ3n) is 2.91. The lowest BCUT2D eigenvalue weighted by molar-refractivity contribution is 1.06. The first-order valence-electron chi connectivity index (χ1n) is 6.47. The Balaban J connectivity index is 1.94. The van der Waals surface area contributed by atoms with Gasteiger partial charge in [0.1, 0.15) is 0 Å². The molecular weight excluding hydrogens is 234 g/mol. The molecule has 2 aromatic rings. The maximum absolute atomic E-state index is 5.86. The zero-order valence-corrected chi connectivity index (χ0v) is 11.1. The molecule has 0 fully saturated rings. The van der Waals surface area contributed by atoms with E-state index in [0.29, 0.717) is 12.5 Å². The molecule has 2 aromatic carbocycles. The fraction of sp³-hybridized carbons (Fsp3) is 0.188. The smallest absolute Gasteiger partial charge is 0.193 e. The Labute approximate surface area is 114 Å². The average molecular weight is 253 g/mol. The second-order valence-electron chi connectivity index (χ2n) is 4.36. The molecule has 2 rings (SSSR count). The van der Waals surface area contributed by atoms with Gasteiger partial charge in [-0.2, -0.15) is 0 Å². The number of hydrogen-bond donors (Lipinski definition) is 2. The quantitative estimate of drug-likeness (QED) is 0.649. The number of aryl methyl sites for hydroxylation is 1. The van der Waals surface area contributed by atoms with Crippen LogP contribution in [0.3, 0.4) is 0 Å². The molecule has 3 heteroatoms. The van der Waals surface area contributed by atoms with Crippen LogP contribution in [-0.4, -0.2) is 5.96 Å². The van der Waals surface area contributed by atoms with Gasteiger partial charge in [0.2, 0.25) is 0 Å². The van der Waals surface area contributed by atoms with E-state index in [1.807, 2.05) is 42.5 Å². The van der Waals surface area contributed by atoms with Gasteiger partial charge in [0.05, 0.1) is 6.54 Å². The van der Waals surface area contributed by atoms with Crippen molar-refractivity contribution in [3.63, 3.8) is 0 Å². The normalized spacial score (nSPS) is 11.3. The summed E-state index contributed by atoms with van der Waals surface area (Å²) in [6.07, 6.45) is 1.04. The summed E-state index contributed by atoms with van der Waals surface area (Å²) in [5.41, 5.74) is 9.28. The number of anilines is 1. The summed E-state index contributed by atoms with van der Waals surface area (Å²) >= 11 is 0. The summed E-state index contributed by atoms with van der Waals surface area (Å²) in [6, 6.07) is 18.3. The van der Waals surface area contributed by atoms with Crippen molar-refractivity contribution < 1.29 is 0 Å². The first-order valence-corrected chi connectivity index (χ1v) is 6.47. The predicted molar refractivity (Wildman–Crippen MR) is 81.2 cm³/mol. The highest BCUT2D eigenvalue weighted by Gasteiger charge is 1.96. The lowest BCUT2D eigenvalue weighted by Crippen LogP contribution is -2.22. The number of nitrogens with zero attached hydrogens (tertiary/aromatic N) is 1. The van der Waals surface area contributed by atoms with Gasteiger partial charge in [0, 0.05) is 5.69 Å². The van der Waals surface area contributed by atoms with E-state index in [0.717, 1.165) is 17.7 Å². The Hall–Kier alpha value is -2.29. The summed E-state index contributed by atoms with van der Waals surface area (Å²) < 4.78 is 0. The Morgan fingerprint density at radius 3 is 2.32 bits per heavy atom. The summed E-state index contributed by atoms with van der Waals surface area (Å²) in [5.74, 6) is 0.438. The largest absolute Gasteiger partial charge is 0.370 e. The van der Waals surface area contributed by atoms with Crippen molar-refractivity contribution in [2.75, 3.05) is 5.32 Å². The Morgan fingerprint density at radius 1 is 1.00 bits per heavy atom. The van der Waals surface area contributed by atoms with Crippen LogP contribution in [0.4, 0.5) is 5.69 Å². The SMILES string of the molecule is CCc1ccc(NC(N)=NCc2ccccc2)cc1. The molecule has 98 valence electrons. The highest BCUT2D eigenvalue weighted by molar-refractivity contribution is 5.92. The Morgan fingerprint density at radius 2 is 1.68 bits per heavy atom. The molecule has 0 aliphatic carbocycles. The van der Waals surface area contributed by atoms with Crippen LogP contribution in [0, 0.1) is 0 Å². The Kier molecular flexibility index (Phi) is 4.56. The number of nitrogens with one attached hydrogen (secondary N) is 1. The minimum atomic E-state index is 0.438. The second-order valence-corrected chi connectivity index (χ2v) is 4.36. The number of rotatable bonds is 4. The van der Waals surface area contributed by atoms with Gasteiger partial charge in [-0.15, -0.1) is 0 Å². The monoisotopic (exact) mass is 253 g/mol. The lowest BCUT2D eigenvalue weighted by atomic mass is 10.1. The molecule has 0 amide bonds. The zero-order valence-electron chi connectivity index (χ0n) is 11.1. The van der Waals surface area contributed by atoms with Crippen molar-refractivity contribution in [3.05, 3.63) is 65.7 Å². The van der Waals surface area contributed by atoms with E-state index in [1.165, 1.54) is 5.56 Å². The number of hydrogen-bond acceptors (Lipinski definition) is 1. The fourth-order valence-electron chi connectivity index (χ4n) is 1.77. The van der Waals surface area contributed by atoms with Crippen LogP contribution in [-0.2, 0) is 13.0 Å². The van der Waals surface area contributed by atoms with Gasteiger partial charge < -0.3 is 11.1 Å². The van der Waals surface area contributed by atoms with E-state index in [1.54, 1.807) is 0 Å². The predicted octanol–water partition coefficient (Wildman–Crippen LogP) is 3.18. The van der Waals surface area contributed by atoms with E-state index in [9.17, 15) is 0 Å². The van der Waals surface area contributed by atoms with Crippen LogP contribution in [0.25, 0.3) is 0 Å². The highest BCUT2D eigenvalue weighted by atomic mass is 15.1. The van der Waals surface area contributed by atoms with Crippen molar-refractivity contribution in [2.45, 2.75) is 19.9 Å². The van der Waals surface area contributed by atoms with Crippen molar-refractivity contribution >= 4 is 11.6 Å². The number of benzene rings is 2. The molecule has 0 radical (unpaired) electrons. The molecule has 0 aromatic heterocycles. The van der Waals surface area contributed by atoms with Gasteiger partial charge in [-0.05, 0) is 29.7 Å². The molecule has 3 N–H and O–H groups in total. The molecule has 0 saturated heterocycles. The van der Waals surface area contributed by atoms with Gasteiger partial charge in [0.15, 0.2) is 5.96 Å². The van der Waals surface area contributed by atoms with Gasteiger partial charge in [0.25, 0.3) is 0 Å². The molecule has 0 aliphatic rings. The van der Waals surface area contributed by atoms with Crippen LogP contribution >= 0.6 is 0 Å². The molecule has 0 bridgehead atoms. The van der Waals surface area contributed by atoms with Crippen LogP contribution in [0.15, 0.2) is 59.6 Å². The van der Waals surface area contributed by atoms with Crippen LogP contribution < -0.4 is 11.1 Å². The van der Waals surface area contributed by atoms with E-state index >= 15 is 0 Å². The van der Waals surface area contributed by atoms with E-state index in [-0.39, 0.29) is 0 Å². The van der Waals surface area contributed by atoms with Crippen molar-refractivity contribution in [1.82, 2.24) is 0 Å². The summed E-state index contributed by atoms with van der Waals surface area (Å²) in [6.45, 7) is 2.73. The highest BCUT2D eigenvalue weighted by Crippen LogP contribution is 2.09. The summed E-state index contributed by atoms with van der Waals surface area (Å²) in [7, 11) is 0. The molecule has 0 spiro atoms. The molecule has 0 aliphatic heterocycles. The van der Waals surface area contributed by atoms with Crippen molar-refractivity contribution in [3.8, 4) is 0 Å². The second kappa shape index (κ2) is 6.59. The molecule has 0 heterocycles. The third-order valence-corrected chi connectivity index (χ3v) is 2.91. The van der Waals surface area contributed by atoms with E-state index in [2.05, 4.69) is 29.4 Å². The molecule has 0 atom stereocenters. The summed E-state index contributed by atoms with van der Waals surface area (Å²) in [5, 5.41) is 3.09. The minimum Gasteiger partial charge on any atom is -0.370 e. The molecule has 3 nitrogen and oxygen atoms in total. The minimum absolute atomic E-state index is 0.438. The topological polar surface area (TPSA) is 50.4 Å². The van der Waals surface area contributed by atoms with Crippen molar-refractivity contribution in [2.24, 2.45) is 10.7 Å². The van der Waals surface area contributed by atoms with Crippen LogP contribution in [0.5, 0.6) is 0 Å². The fourth-order valence-corrected chi connectivity index (χ4v) is 1.77. The maximum atomic E-state index is 5.86. The molecule has 0 saturated carbocycles. The molecule has 0 unspecified atom stereocenters. The number of aliphatic imine (C=N–C) groups is 1. The van der Waals surface area contributed by atoms with E-state index < -0.39 is 0 Å². The van der Waals surface area contributed by atoms with Gasteiger partial charge in [-0.25, -0.2) is 4.99 Å². The third kappa shape index (κ3) is 4.14. The molecular formula is C16H19N3. The lowest BCUT2D eigenvalue weighted by Gasteiger charge is -2.06. The van der Waals surface area contributed by atoms with Gasteiger partial charge >= 0.3 is 0 Å². The number of guanidine groups is 1. The zero-order chi connectivity index (χ0) is 13.5. The maximum Gasteiger partial charge on any atom is 0.193 e. The molecule has 19 heavy (non-hydrogen) atoms. The van der Waals surface area contributed by atoms with Gasteiger partial charge in [-0.1, -0.05) is 49.4 Å². The summed E-state index contributed by atoms with van der Waals surface area (Å²) in [4.78, 5) is 4.32. The number of nitrogens with two attached hydrogens (primary N) is 1. The average Bonchev–Trinajstić information content (AvgIpc) is 2.47. The first-order chi connectivity index (χ1) is 9.28. The van der Waals surface area contributed by atoms with Crippen molar-refractivity contribution in [1.29, 1.82) is 0 Å². The van der Waals surface area contributed by atoms with Crippen LogP contribution in [0.1, 0.15) is 18.1 Å².